The maximum atomic E-state index is 3.64. The molecule has 0 aromatic carbocycles. The van der Waals surface area contributed by atoms with Crippen LogP contribution in [-0.2, 0) is 0 Å². The molecule has 0 aliphatic heterocycles. The molecule has 0 heterocycles. The van der Waals surface area contributed by atoms with Crippen molar-refractivity contribution in [3.05, 3.63) is 0 Å². The highest BCUT2D eigenvalue weighted by Crippen LogP contribution is 1.53. The third-order valence-corrected chi connectivity index (χ3v) is 0. The molecular formula is C3H10Cl3N-2. The molecule has 7 heavy (non-hydrogen) atoms. The van der Waals surface area contributed by atoms with Crippen LogP contribution in [0.15, 0.2) is 0 Å². The van der Waals surface area contributed by atoms with Crippen LogP contribution in [0, 0.1) is 0 Å². The molecule has 4 heteroatoms. The van der Waals surface area contributed by atoms with E-state index < -0.39 is 0 Å². The Kier molecular flexibility index (Phi) is 56.3. The fraction of sp³-hybridized carbons (Fsp3) is 1.00. The van der Waals surface area contributed by atoms with Crippen molar-refractivity contribution in [1.29, 1.82) is 0 Å². The predicted octanol–water partition coefficient (Wildman–Crippen LogP) is -9.35. The Labute approximate surface area is 63.3 Å². The molecule has 0 aromatic rings. The SMILES string of the molecule is CC(C)[NH3+].[Cl-].[Cl-].[Cl-]. The van der Waals surface area contributed by atoms with E-state index in [2.05, 4.69) is 19.6 Å². The maximum Gasteiger partial charge on any atom is 0.0786 e. The summed E-state index contributed by atoms with van der Waals surface area (Å²) in [6, 6.07) is 0.583. The minimum Gasteiger partial charge on any atom is -1.00 e. The predicted molar refractivity (Wildman–Crippen MR) is 18.0 cm³/mol. The number of halogens is 3. The molecule has 0 atom stereocenters. The molecule has 0 aliphatic rings. The lowest BCUT2D eigenvalue weighted by Crippen LogP contribution is -3.00. The van der Waals surface area contributed by atoms with Crippen LogP contribution in [0.2, 0.25) is 0 Å². The molecule has 0 bridgehead atoms. The Morgan fingerprint density at radius 3 is 1.00 bits per heavy atom. The lowest BCUT2D eigenvalue weighted by molar-refractivity contribution is -0.407. The summed E-state index contributed by atoms with van der Waals surface area (Å²) in [5, 5.41) is 0. The molecule has 0 saturated carbocycles. The van der Waals surface area contributed by atoms with Crippen LogP contribution in [-0.4, -0.2) is 6.04 Å². The second-order valence-electron chi connectivity index (χ2n) is 1.39. The van der Waals surface area contributed by atoms with E-state index in [4.69, 9.17) is 0 Å². The third-order valence-electron chi connectivity index (χ3n) is 0. The first-order valence-electron chi connectivity index (χ1n) is 1.56. The summed E-state index contributed by atoms with van der Waals surface area (Å²) in [5.74, 6) is 0. The molecule has 0 radical (unpaired) electrons. The normalized spacial score (nSPS) is 5.14. The summed E-state index contributed by atoms with van der Waals surface area (Å²) in [7, 11) is 0. The van der Waals surface area contributed by atoms with Crippen molar-refractivity contribution in [3.8, 4) is 0 Å². The van der Waals surface area contributed by atoms with E-state index in [1.165, 1.54) is 0 Å². The average Bonchev–Trinajstić information content (AvgIpc) is 0.811. The van der Waals surface area contributed by atoms with E-state index in [0.29, 0.717) is 6.04 Å². The fourth-order valence-electron chi connectivity index (χ4n) is 0. The smallest absolute Gasteiger partial charge is 0.0786 e. The summed E-state index contributed by atoms with van der Waals surface area (Å²) in [6.45, 7) is 4.11. The Hall–Kier alpha value is 0.830. The molecule has 1 nitrogen and oxygen atoms in total. The summed E-state index contributed by atoms with van der Waals surface area (Å²) in [5.41, 5.74) is 3.64. The van der Waals surface area contributed by atoms with E-state index in [1.54, 1.807) is 0 Å². The Bertz CT molecular complexity index is 14.9. The number of hydrogen-bond donors (Lipinski definition) is 1. The molecule has 0 amide bonds. The molecule has 0 aliphatic carbocycles. The van der Waals surface area contributed by atoms with Gasteiger partial charge >= 0.3 is 0 Å². The minimum atomic E-state index is 0. The van der Waals surface area contributed by atoms with Crippen LogP contribution in [0.5, 0.6) is 0 Å². The van der Waals surface area contributed by atoms with Gasteiger partial charge in [-0.2, -0.15) is 0 Å². The van der Waals surface area contributed by atoms with Gasteiger partial charge in [0.1, 0.15) is 0 Å². The van der Waals surface area contributed by atoms with Gasteiger partial charge in [0.25, 0.3) is 0 Å². The van der Waals surface area contributed by atoms with Crippen LogP contribution in [0.4, 0.5) is 0 Å². The first-order valence-corrected chi connectivity index (χ1v) is 1.56. The highest BCUT2D eigenvalue weighted by atomic mass is 35.5. The van der Waals surface area contributed by atoms with Gasteiger partial charge in [-0.15, -0.1) is 0 Å². The third kappa shape index (κ3) is 231. The Morgan fingerprint density at radius 1 is 1.00 bits per heavy atom. The maximum absolute atomic E-state index is 3.64. The quantitative estimate of drug-likeness (QED) is 0.370. The number of rotatable bonds is 0. The van der Waals surface area contributed by atoms with Gasteiger partial charge in [-0.3, -0.25) is 0 Å². The van der Waals surface area contributed by atoms with E-state index in [0.717, 1.165) is 0 Å². The first kappa shape index (κ1) is 24.9. The summed E-state index contributed by atoms with van der Waals surface area (Å²) in [4.78, 5) is 0. The molecule has 0 saturated heterocycles. The van der Waals surface area contributed by atoms with Crippen LogP contribution in [0.25, 0.3) is 0 Å². The highest BCUT2D eigenvalue weighted by molar-refractivity contribution is 4.17. The molecular weight excluding hydrogens is 156 g/mol. The van der Waals surface area contributed by atoms with E-state index in [1.807, 2.05) is 0 Å². The van der Waals surface area contributed by atoms with Crippen molar-refractivity contribution in [1.82, 2.24) is 0 Å². The standard InChI is InChI=1S/C3H9N.3ClH/c1-3(2)4;;;/h3H,4H2,1-2H3;3*1H/p-2. The van der Waals surface area contributed by atoms with E-state index in [-0.39, 0.29) is 37.2 Å². The largest absolute Gasteiger partial charge is 1.00 e. The van der Waals surface area contributed by atoms with Crippen molar-refractivity contribution in [2.24, 2.45) is 0 Å². The molecule has 0 aromatic heterocycles. The van der Waals surface area contributed by atoms with Gasteiger partial charge in [-0.05, 0) is 13.8 Å². The average molecular weight is 166 g/mol. The van der Waals surface area contributed by atoms with Gasteiger partial charge in [0.2, 0.25) is 0 Å². The molecule has 0 spiro atoms. The van der Waals surface area contributed by atoms with Gasteiger partial charge in [0.15, 0.2) is 0 Å². The zero-order chi connectivity index (χ0) is 3.58. The summed E-state index contributed by atoms with van der Waals surface area (Å²) >= 11 is 0. The summed E-state index contributed by atoms with van der Waals surface area (Å²) < 4.78 is 0. The van der Waals surface area contributed by atoms with Crippen LogP contribution >= 0.6 is 0 Å². The van der Waals surface area contributed by atoms with Gasteiger partial charge in [-0.25, -0.2) is 0 Å². The van der Waals surface area contributed by atoms with Gasteiger partial charge in [0, 0.05) is 0 Å². The van der Waals surface area contributed by atoms with Crippen LogP contribution < -0.4 is 43.0 Å². The van der Waals surface area contributed by atoms with Gasteiger partial charge < -0.3 is 43.0 Å². The van der Waals surface area contributed by atoms with Gasteiger partial charge in [0.05, 0.1) is 6.04 Å². The molecule has 50 valence electrons. The molecule has 3 N–H and O–H groups in total. The number of quaternary nitrogens is 1. The van der Waals surface area contributed by atoms with Crippen LogP contribution in [0.3, 0.4) is 0 Å². The van der Waals surface area contributed by atoms with Crippen molar-refractivity contribution < 1.29 is 43.0 Å². The second-order valence-corrected chi connectivity index (χ2v) is 1.39. The lowest BCUT2D eigenvalue weighted by Gasteiger charge is -1.77. The molecule has 0 fully saturated rings. The van der Waals surface area contributed by atoms with Crippen molar-refractivity contribution in [2.45, 2.75) is 19.9 Å². The minimum absolute atomic E-state index is 0. The Morgan fingerprint density at radius 2 is 1.00 bits per heavy atom. The Balaban J connectivity index is -0.0000000150. The monoisotopic (exact) mass is 165 g/mol. The molecule has 0 rings (SSSR count). The first-order chi connectivity index (χ1) is 1.73. The van der Waals surface area contributed by atoms with E-state index >= 15 is 0 Å². The molecule has 0 unspecified atom stereocenters. The van der Waals surface area contributed by atoms with Crippen molar-refractivity contribution in [3.63, 3.8) is 0 Å². The van der Waals surface area contributed by atoms with Crippen LogP contribution in [0.1, 0.15) is 13.8 Å². The lowest BCUT2D eigenvalue weighted by atomic mass is 10.5. The number of hydrogen-bond acceptors (Lipinski definition) is 0. The van der Waals surface area contributed by atoms with Crippen molar-refractivity contribution >= 4 is 0 Å². The zero-order valence-electron chi connectivity index (χ0n) is 4.42. The summed E-state index contributed by atoms with van der Waals surface area (Å²) in [6.07, 6.45) is 0. The fourth-order valence-corrected chi connectivity index (χ4v) is 0. The zero-order valence-corrected chi connectivity index (χ0v) is 6.69. The highest BCUT2D eigenvalue weighted by Gasteiger charge is 1.72. The van der Waals surface area contributed by atoms with Gasteiger partial charge in [-0.1, -0.05) is 0 Å². The van der Waals surface area contributed by atoms with Crippen molar-refractivity contribution in [2.75, 3.05) is 0 Å². The van der Waals surface area contributed by atoms with E-state index in [9.17, 15) is 0 Å². The second kappa shape index (κ2) is 15.8. The topological polar surface area (TPSA) is 27.6 Å².